The highest BCUT2D eigenvalue weighted by atomic mass is 32.1. The van der Waals surface area contributed by atoms with Crippen LogP contribution in [0, 0.1) is 6.92 Å². The Morgan fingerprint density at radius 1 is 1.50 bits per heavy atom. The van der Waals surface area contributed by atoms with Gasteiger partial charge >= 0.3 is 0 Å². The van der Waals surface area contributed by atoms with E-state index in [-0.39, 0.29) is 0 Å². The zero-order chi connectivity index (χ0) is 11.2. The summed E-state index contributed by atoms with van der Waals surface area (Å²) in [5.41, 5.74) is 0.545. The molecule has 2 fully saturated rings. The average Bonchev–Trinajstić information content (AvgIpc) is 2.73. The Labute approximate surface area is 99.9 Å². The Bertz CT molecular complexity index is 378. The molecule has 2 unspecified atom stereocenters. The molecule has 0 spiro atoms. The van der Waals surface area contributed by atoms with E-state index in [1.54, 1.807) is 11.3 Å². The molecule has 3 nitrogen and oxygen atoms in total. The number of hydrogen-bond donors (Lipinski definition) is 2. The van der Waals surface area contributed by atoms with Gasteiger partial charge < -0.3 is 10.4 Å². The van der Waals surface area contributed by atoms with Gasteiger partial charge in [0, 0.05) is 23.9 Å². The topological polar surface area (TPSA) is 45.2 Å². The summed E-state index contributed by atoms with van der Waals surface area (Å²) in [4.78, 5) is 4.46. The zero-order valence-corrected chi connectivity index (χ0v) is 10.4. The number of aliphatic hydroxyl groups is 1. The fraction of sp³-hybridized carbons (Fsp3) is 0.750. The van der Waals surface area contributed by atoms with Gasteiger partial charge in [0.2, 0.25) is 0 Å². The third kappa shape index (κ3) is 2.01. The summed E-state index contributed by atoms with van der Waals surface area (Å²) in [6.45, 7) is 2.02. The normalized spacial score (nSPS) is 37.9. The fourth-order valence-electron chi connectivity index (χ4n) is 3.20. The minimum absolute atomic E-state index is 0.516. The van der Waals surface area contributed by atoms with Crippen LogP contribution in [0.3, 0.4) is 0 Å². The van der Waals surface area contributed by atoms with Crippen molar-refractivity contribution in [1.29, 1.82) is 0 Å². The van der Waals surface area contributed by atoms with Crippen molar-refractivity contribution in [3.05, 3.63) is 16.1 Å². The van der Waals surface area contributed by atoms with Crippen LogP contribution in [0.4, 0.5) is 0 Å². The lowest BCUT2D eigenvalue weighted by Crippen LogP contribution is -2.49. The van der Waals surface area contributed by atoms with Crippen molar-refractivity contribution in [2.45, 2.75) is 56.7 Å². The third-order valence-corrected chi connectivity index (χ3v) is 4.59. The van der Waals surface area contributed by atoms with Crippen molar-refractivity contribution in [1.82, 2.24) is 10.3 Å². The van der Waals surface area contributed by atoms with E-state index in [4.69, 9.17) is 0 Å². The number of piperidine rings is 1. The molecule has 2 atom stereocenters. The molecule has 4 heteroatoms. The summed E-state index contributed by atoms with van der Waals surface area (Å²) < 4.78 is 0. The maximum absolute atomic E-state index is 10.6. The van der Waals surface area contributed by atoms with Crippen molar-refractivity contribution in [2.75, 3.05) is 0 Å². The molecular formula is C12H18N2OS. The van der Waals surface area contributed by atoms with E-state index >= 15 is 0 Å². The molecule has 3 heterocycles. The largest absolute Gasteiger partial charge is 0.389 e. The van der Waals surface area contributed by atoms with E-state index < -0.39 is 5.60 Å². The molecule has 0 amide bonds. The van der Waals surface area contributed by atoms with Gasteiger partial charge in [0.1, 0.15) is 0 Å². The van der Waals surface area contributed by atoms with Crippen LogP contribution in [0.15, 0.2) is 5.38 Å². The lowest BCUT2D eigenvalue weighted by atomic mass is 9.84. The maximum Gasteiger partial charge on any atom is 0.0897 e. The fourth-order valence-corrected chi connectivity index (χ4v) is 3.81. The summed E-state index contributed by atoms with van der Waals surface area (Å²) >= 11 is 1.67. The molecule has 2 aliphatic rings. The van der Waals surface area contributed by atoms with Crippen LogP contribution in [-0.2, 0) is 6.42 Å². The molecule has 1 aromatic rings. The molecule has 16 heavy (non-hydrogen) atoms. The molecule has 2 N–H and O–H groups in total. The molecular weight excluding hydrogens is 220 g/mol. The highest BCUT2D eigenvalue weighted by molar-refractivity contribution is 7.09. The first-order chi connectivity index (χ1) is 7.63. The summed E-state index contributed by atoms with van der Waals surface area (Å²) in [5.74, 6) is 0. The van der Waals surface area contributed by atoms with Crippen LogP contribution in [0.1, 0.15) is 36.4 Å². The smallest absolute Gasteiger partial charge is 0.0897 e. The number of hydrogen-bond acceptors (Lipinski definition) is 4. The van der Waals surface area contributed by atoms with E-state index in [0.29, 0.717) is 12.1 Å². The molecule has 0 aliphatic carbocycles. The Morgan fingerprint density at radius 2 is 2.19 bits per heavy atom. The second-order valence-corrected chi connectivity index (χ2v) is 6.37. The first-order valence-electron chi connectivity index (χ1n) is 6.02. The van der Waals surface area contributed by atoms with E-state index in [1.165, 1.54) is 12.8 Å². The maximum atomic E-state index is 10.6. The number of rotatable bonds is 2. The first kappa shape index (κ1) is 10.7. The minimum Gasteiger partial charge on any atom is -0.389 e. The van der Waals surface area contributed by atoms with E-state index in [1.807, 2.05) is 6.92 Å². The van der Waals surface area contributed by atoms with Gasteiger partial charge in [-0.05, 0) is 32.6 Å². The highest BCUT2D eigenvalue weighted by Crippen LogP contribution is 2.36. The van der Waals surface area contributed by atoms with Crippen molar-refractivity contribution in [3.63, 3.8) is 0 Å². The Balaban J connectivity index is 1.74. The quantitative estimate of drug-likeness (QED) is 0.823. The van der Waals surface area contributed by atoms with Gasteiger partial charge in [-0.25, -0.2) is 4.98 Å². The van der Waals surface area contributed by atoms with E-state index in [0.717, 1.165) is 30.0 Å². The minimum atomic E-state index is -0.516. The predicted octanol–water partition coefficient (Wildman–Crippen LogP) is 1.64. The van der Waals surface area contributed by atoms with E-state index in [9.17, 15) is 5.11 Å². The van der Waals surface area contributed by atoms with Gasteiger partial charge in [0.15, 0.2) is 0 Å². The molecule has 0 saturated carbocycles. The van der Waals surface area contributed by atoms with Gasteiger partial charge in [-0.1, -0.05) is 0 Å². The number of thiazole rings is 1. The lowest BCUT2D eigenvalue weighted by Gasteiger charge is -2.36. The van der Waals surface area contributed by atoms with Gasteiger partial charge in [0.25, 0.3) is 0 Å². The molecule has 2 aliphatic heterocycles. The van der Waals surface area contributed by atoms with Crippen LogP contribution in [0.5, 0.6) is 0 Å². The molecule has 0 radical (unpaired) electrons. The van der Waals surface area contributed by atoms with Crippen molar-refractivity contribution >= 4 is 11.3 Å². The Kier molecular flexibility index (Phi) is 2.53. The zero-order valence-electron chi connectivity index (χ0n) is 9.57. The van der Waals surface area contributed by atoms with Gasteiger partial charge in [0.05, 0.1) is 16.3 Å². The van der Waals surface area contributed by atoms with Crippen LogP contribution in [0.25, 0.3) is 0 Å². The SMILES string of the molecule is Cc1nc(CC2(O)CC3CCC(C2)N3)cs1. The second kappa shape index (κ2) is 3.79. The number of nitrogens with one attached hydrogen (secondary N) is 1. The standard InChI is InChI=1S/C12H18N2OS/c1-8-13-11(7-16-8)6-12(15)4-9-2-3-10(5-12)14-9/h7,9-10,14-15H,2-6H2,1H3. The highest BCUT2D eigenvalue weighted by Gasteiger charge is 2.42. The van der Waals surface area contributed by atoms with Crippen LogP contribution >= 0.6 is 11.3 Å². The van der Waals surface area contributed by atoms with Crippen LogP contribution < -0.4 is 5.32 Å². The number of aromatic nitrogens is 1. The molecule has 1 aromatic heterocycles. The summed E-state index contributed by atoms with van der Waals surface area (Å²) in [6.07, 6.45) is 4.96. The van der Waals surface area contributed by atoms with E-state index in [2.05, 4.69) is 15.7 Å². The Morgan fingerprint density at radius 3 is 2.75 bits per heavy atom. The van der Waals surface area contributed by atoms with Gasteiger partial charge in [-0.2, -0.15) is 0 Å². The van der Waals surface area contributed by atoms with Crippen molar-refractivity contribution in [3.8, 4) is 0 Å². The van der Waals surface area contributed by atoms with Crippen molar-refractivity contribution in [2.24, 2.45) is 0 Å². The third-order valence-electron chi connectivity index (χ3n) is 3.76. The summed E-state index contributed by atoms with van der Waals surface area (Å²) in [7, 11) is 0. The number of aryl methyl sites for hydroxylation is 1. The number of fused-ring (bicyclic) bond motifs is 2. The molecule has 3 rings (SSSR count). The van der Waals surface area contributed by atoms with Crippen molar-refractivity contribution < 1.29 is 5.11 Å². The molecule has 2 saturated heterocycles. The Hall–Kier alpha value is -0.450. The number of nitrogens with zero attached hydrogens (tertiary/aromatic N) is 1. The second-order valence-electron chi connectivity index (χ2n) is 5.31. The first-order valence-corrected chi connectivity index (χ1v) is 6.90. The average molecular weight is 238 g/mol. The predicted molar refractivity (Wildman–Crippen MR) is 64.7 cm³/mol. The van der Waals surface area contributed by atoms with Gasteiger partial charge in [-0.3, -0.25) is 0 Å². The summed E-state index contributed by atoms with van der Waals surface area (Å²) in [5, 5.41) is 17.4. The molecule has 2 bridgehead atoms. The summed E-state index contributed by atoms with van der Waals surface area (Å²) in [6, 6.07) is 1.06. The van der Waals surface area contributed by atoms with Crippen LogP contribution in [-0.4, -0.2) is 27.8 Å². The molecule has 0 aromatic carbocycles. The van der Waals surface area contributed by atoms with Crippen LogP contribution in [0.2, 0.25) is 0 Å². The van der Waals surface area contributed by atoms with Gasteiger partial charge in [-0.15, -0.1) is 11.3 Å². The molecule has 88 valence electrons. The monoisotopic (exact) mass is 238 g/mol. The lowest BCUT2D eigenvalue weighted by molar-refractivity contribution is -0.00675.